The highest BCUT2D eigenvalue weighted by Crippen LogP contribution is 2.16. The molecule has 0 fully saturated rings. The number of hydrogen-bond acceptors (Lipinski definition) is 3. The Bertz CT molecular complexity index is 703. The number of hydrogen-bond donors (Lipinski definition) is 2. The van der Waals surface area contributed by atoms with Crippen LogP contribution in [0.15, 0.2) is 48.8 Å². The molecule has 0 aliphatic carbocycles. The van der Waals surface area contributed by atoms with Gasteiger partial charge in [0.05, 0.1) is 5.69 Å². The molecule has 0 unspecified atom stereocenters. The Hall–Kier alpha value is -2.49. The van der Waals surface area contributed by atoms with Gasteiger partial charge in [-0.05, 0) is 23.8 Å². The summed E-state index contributed by atoms with van der Waals surface area (Å²) < 4.78 is 1.94. The number of phenols is 1. The Morgan fingerprint density at radius 2 is 2.11 bits per heavy atom. The molecule has 0 aliphatic rings. The van der Waals surface area contributed by atoms with E-state index in [9.17, 15) is 5.11 Å². The summed E-state index contributed by atoms with van der Waals surface area (Å²) in [6.07, 6.45) is 4.55. The fourth-order valence-electron chi connectivity index (χ4n) is 2.01. The monoisotopic (exact) mass is 239 g/mol. The van der Waals surface area contributed by atoms with Gasteiger partial charge in [-0.15, -0.1) is 0 Å². The molecule has 1 aromatic carbocycles. The van der Waals surface area contributed by atoms with Gasteiger partial charge in [0.25, 0.3) is 0 Å². The molecule has 0 spiro atoms. The minimum atomic E-state index is 0.278. The van der Waals surface area contributed by atoms with E-state index < -0.39 is 0 Å². The summed E-state index contributed by atoms with van der Waals surface area (Å²) in [5.41, 5.74) is 9.25. The maximum atomic E-state index is 9.43. The summed E-state index contributed by atoms with van der Waals surface area (Å²) in [6.45, 7) is 0. The number of aromatic nitrogens is 2. The zero-order valence-electron chi connectivity index (χ0n) is 9.74. The topological polar surface area (TPSA) is 63.5 Å². The number of benzene rings is 1. The Kier molecular flexibility index (Phi) is 2.41. The second-order valence-electron chi connectivity index (χ2n) is 4.30. The van der Waals surface area contributed by atoms with Gasteiger partial charge in [-0.1, -0.05) is 12.1 Å². The summed E-state index contributed by atoms with van der Waals surface area (Å²) in [6, 6.07) is 10.9. The maximum absolute atomic E-state index is 9.43. The molecule has 2 aromatic heterocycles. The van der Waals surface area contributed by atoms with E-state index in [4.69, 9.17) is 5.73 Å². The molecule has 3 rings (SSSR count). The molecule has 3 aromatic rings. The molecule has 0 saturated heterocycles. The Labute approximate surface area is 104 Å². The van der Waals surface area contributed by atoms with Crippen molar-refractivity contribution in [2.24, 2.45) is 0 Å². The third kappa shape index (κ3) is 2.00. The number of pyridine rings is 1. The molecule has 18 heavy (non-hydrogen) atoms. The van der Waals surface area contributed by atoms with Crippen molar-refractivity contribution in [3.05, 3.63) is 60.0 Å². The first-order chi connectivity index (χ1) is 8.70. The highest BCUT2D eigenvalue weighted by atomic mass is 16.3. The van der Waals surface area contributed by atoms with Gasteiger partial charge in [-0.2, -0.15) is 0 Å². The summed E-state index contributed by atoms with van der Waals surface area (Å²) in [7, 11) is 0. The number of nitrogens with two attached hydrogens (primary N) is 1. The summed E-state index contributed by atoms with van der Waals surface area (Å²) in [5, 5.41) is 9.43. The number of phenolic OH excluding ortho intramolecular Hbond substituents is 1. The van der Waals surface area contributed by atoms with E-state index in [1.807, 2.05) is 41.1 Å². The fraction of sp³-hybridized carbons (Fsp3) is 0.0714. The van der Waals surface area contributed by atoms with Crippen molar-refractivity contribution in [2.45, 2.75) is 6.42 Å². The molecule has 0 saturated carbocycles. The van der Waals surface area contributed by atoms with Crippen molar-refractivity contribution < 1.29 is 5.11 Å². The van der Waals surface area contributed by atoms with Crippen LogP contribution < -0.4 is 5.73 Å². The average molecular weight is 239 g/mol. The van der Waals surface area contributed by atoms with Crippen LogP contribution in [0.5, 0.6) is 5.75 Å². The lowest BCUT2D eigenvalue weighted by atomic mass is 10.1. The van der Waals surface area contributed by atoms with Gasteiger partial charge in [0.1, 0.15) is 11.4 Å². The van der Waals surface area contributed by atoms with Crippen LogP contribution >= 0.6 is 0 Å². The normalized spacial score (nSPS) is 10.9. The van der Waals surface area contributed by atoms with Gasteiger partial charge in [0.2, 0.25) is 0 Å². The van der Waals surface area contributed by atoms with Crippen molar-refractivity contribution in [1.82, 2.24) is 9.38 Å². The second-order valence-corrected chi connectivity index (χ2v) is 4.30. The quantitative estimate of drug-likeness (QED) is 0.720. The predicted octanol–water partition coefficient (Wildman–Crippen LogP) is 2.21. The van der Waals surface area contributed by atoms with Gasteiger partial charge >= 0.3 is 0 Å². The lowest BCUT2D eigenvalue weighted by molar-refractivity contribution is 0.474. The number of rotatable bonds is 2. The molecule has 4 heteroatoms. The number of fused-ring (bicyclic) bond motifs is 1. The number of aromatic hydroxyl groups is 1. The molecule has 0 radical (unpaired) electrons. The van der Waals surface area contributed by atoms with E-state index >= 15 is 0 Å². The third-order valence-corrected chi connectivity index (χ3v) is 2.83. The minimum absolute atomic E-state index is 0.278. The van der Waals surface area contributed by atoms with Gasteiger partial charge in [-0.25, -0.2) is 4.98 Å². The molecular weight excluding hydrogens is 226 g/mol. The molecule has 3 N–H and O–H groups in total. The van der Waals surface area contributed by atoms with E-state index in [1.165, 1.54) is 0 Å². The van der Waals surface area contributed by atoms with Crippen molar-refractivity contribution in [3.8, 4) is 5.75 Å². The zero-order chi connectivity index (χ0) is 12.5. The SMILES string of the molecule is Nc1ccn2cc(Cc3cccc(O)c3)nc2c1. The molecule has 0 bridgehead atoms. The Balaban J connectivity index is 1.95. The van der Waals surface area contributed by atoms with Crippen LogP contribution in [0, 0.1) is 0 Å². The van der Waals surface area contributed by atoms with E-state index in [0.717, 1.165) is 16.9 Å². The van der Waals surface area contributed by atoms with E-state index in [-0.39, 0.29) is 5.75 Å². The first kappa shape index (κ1) is 10.7. The van der Waals surface area contributed by atoms with Crippen LogP contribution in [0.3, 0.4) is 0 Å². The zero-order valence-corrected chi connectivity index (χ0v) is 9.74. The predicted molar refractivity (Wildman–Crippen MR) is 70.5 cm³/mol. The number of anilines is 1. The third-order valence-electron chi connectivity index (χ3n) is 2.83. The first-order valence-corrected chi connectivity index (χ1v) is 5.72. The molecule has 0 amide bonds. The van der Waals surface area contributed by atoms with E-state index in [1.54, 1.807) is 12.1 Å². The minimum Gasteiger partial charge on any atom is -0.508 e. The van der Waals surface area contributed by atoms with Gasteiger partial charge < -0.3 is 15.2 Å². The molecule has 0 atom stereocenters. The van der Waals surface area contributed by atoms with Crippen LogP contribution in [0.1, 0.15) is 11.3 Å². The average Bonchev–Trinajstić information content (AvgIpc) is 2.70. The van der Waals surface area contributed by atoms with Crippen molar-refractivity contribution in [3.63, 3.8) is 0 Å². The molecular formula is C14H13N3O. The second kappa shape index (κ2) is 4.07. The first-order valence-electron chi connectivity index (χ1n) is 5.72. The van der Waals surface area contributed by atoms with Crippen LogP contribution in [-0.2, 0) is 6.42 Å². The van der Waals surface area contributed by atoms with Crippen molar-refractivity contribution in [2.75, 3.05) is 5.73 Å². The fourth-order valence-corrected chi connectivity index (χ4v) is 2.01. The molecule has 0 aliphatic heterocycles. The maximum Gasteiger partial charge on any atom is 0.139 e. The Morgan fingerprint density at radius 3 is 2.94 bits per heavy atom. The van der Waals surface area contributed by atoms with Crippen LogP contribution in [0.4, 0.5) is 5.69 Å². The number of imidazole rings is 1. The highest BCUT2D eigenvalue weighted by Gasteiger charge is 2.03. The summed E-state index contributed by atoms with van der Waals surface area (Å²) in [4.78, 5) is 4.50. The Morgan fingerprint density at radius 1 is 1.22 bits per heavy atom. The standard InChI is InChI=1S/C14H13N3O/c15-11-4-5-17-9-12(16-14(17)8-11)6-10-2-1-3-13(18)7-10/h1-5,7-9,18H,6,15H2. The molecule has 4 nitrogen and oxygen atoms in total. The lowest BCUT2D eigenvalue weighted by Crippen LogP contribution is -1.87. The van der Waals surface area contributed by atoms with Gasteiger partial charge in [0.15, 0.2) is 0 Å². The summed E-state index contributed by atoms with van der Waals surface area (Å²) in [5.74, 6) is 0.278. The van der Waals surface area contributed by atoms with E-state index in [2.05, 4.69) is 4.98 Å². The highest BCUT2D eigenvalue weighted by molar-refractivity contribution is 5.52. The van der Waals surface area contributed by atoms with Crippen LogP contribution in [0.25, 0.3) is 5.65 Å². The number of nitrogen functional groups attached to an aromatic ring is 1. The van der Waals surface area contributed by atoms with E-state index in [0.29, 0.717) is 12.1 Å². The van der Waals surface area contributed by atoms with Crippen molar-refractivity contribution >= 4 is 11.3 Å². The van der Waals surface area contributed by atoms with Crippen molar-refractivity contribution in [1.29, 1.82) is 0 Å². The van der Waals surface area contributed by atoms with Crippen LogP contribution in [0.2, 0.25) is 0 Å². The van der Waals surface area contributed by atoms with Gasteiger partial charge in [0, 0.05) is 30.6 Å². The molecule has 2 heterocycles. The summed E-state index contributed by atoms with van der Waals surface area (Å²) >= 11 is 0. The molecule has 90 valence electrons. The van der Waals surface area contributed by atoms with Crippen LogP contribution in [-0.4, -0.2) is 14.5 Å². The lowest BCUT2D eigenvalue weighted by Gasteiger charge is -1.98. The largest absolute Gasteiger partial charge is 0.508 e. The number of nitrogens with zero attached hydrogens (tertiary/aromatic N) is 2. The van der Waals surface area contributed by atoms with Gasteiger partial charge in [-0.3, -0.25) is 0 Å². The smallest absolute Gasteiger partial charge is 0.139 e.